The molecule has 2 aliphatic rings. The summed E-state index contributed by atoms with van der Waals surface area (Å²) in [6, 6.07) is 5.71. The maximum atomic E-state index is 11.2. The highest BCUT2D eigenvalue weighted by Gasteiger charge is 2.37. The Morgan fingerprint density at radius 3 is 2.80 bits per heavy atom. The lowest BCUT2D eigenvalue weighted by Gasteiger charge is -2.16. The van der Waals surface area contributed by atoms with Crippen LogP contribution >= 0.6 is 0 Å². The summed E-state index contributed by atoms with van der Waals surface area (Å²) >= 11 is 0. The largest absolute Gasteiger partial charge is 0.479 e. The molecule has 2 aliphatic carbocycles. The number of hydrogen-bond donors (Lipinski definition) is 2. The number of fused-ring (bicyclic) bond motifs is 1. The average molecular weight is 476 g/mol. The summed E-state index contributed by atoms with van der Waals surface area (Å²) in [4.78, 5) is 24.5. The number of hydrogen-bond acceptors (Lipinski definition) is 9. The van der Waals surface area contributed by atoms with Crippen LogP contribution in [0.5, 0.6) is 0 Å². The van der Waals surface area contributed by atoms with Crippen LogP contribution in [-0.4, -0.2) is 53.2 Å². The molecule has 4 heterocycles. The fraction of sp³-hybridized carbons (Fsp3) is 0.417. The Hall–Kier alpha value is -3.86. The number of rotatable bonds is 7. The number of nitrogens with two attached hydrogens (primary N) is 1. The average Bonchev–Trinajstić information content (AvgIpc) is 3.26. The number of pyridine rings is 1. The molecule has 3 atom stereocenters. The normalized spacial score (nSPS) is 20.9. The van der Waals surface area contributed by atoms with Gasteiger partial charge in [0.15, 0.2) is 11.8 Å². The van der Waals surface area contributed by atoms with Gasteiger partial charge in [0.25, 0.3) is 0 Å². The molecule has 1 unspecified atom stereocenters. The van der Waals surface area contributed by atoms with Crippen LogP contribution in [0.3, 0.4) is 0 Å². The zero-order valence-corrected chi connectivity index (χ0v) is 19.2. The molecule has 35 heavy (non-hydrogen) atoms. The Kier molecular flexibility index (Phi) is 5.21. The van der Waals surface area contributed by atoms with Gasteiger partial charge in [0.2, 0.25) is 0 Å². The van der Waals surface area contributed by atoms with Gasteiger partial charge in [-0.15, -0.1) is 0 Å². The van der Waals surface area contributed by atoms with Gasteiger partial charge in [-0.25, -0.2) is 19.4 Å². The number of carboxylic acid groups (broad SMARTS) is 1. The van der Waals surface area contributed by atoms with Crippen molar-refractivity contribution in [3.63, 3.8) is 0 Å². The van der Waals surface area contributed by atoms with Crippen molar-refractivity contribution in [3.05, 3.63) is 36.5 Å². The first-order valence-electron chi connectivity index (χ1n) is 11.8. The van der Waals surface area contributed by atoms with E-state index in [0.717, 1.165) is 42.7 Å². The Balaban J connectivity index is 1.44. The number of ether oxygens (including phenoxy) is 1. The molecular weight excluding hydrogens is 450 g/mol. The molecule has 0 aliphatic heterocycles. The van der Waals surface area contributed by atoms with Crippen molar-refractivity contribution >= 4 is 22.8 Å². The first kappa shape index (κ1) is 21.7. The second-order valence-electron chi connectivity index (χ2n) is 9.22. The van der Waals surface area contributed by atoms with E-state index >= 15 is 0 Å². The van der Waals surface area contributed by atoms with E-state index in [1.54, 1.807) is 13.1 Å². The molecule has 2 fully saturated rings. The maximum Gasteiger partial charge on any atom is 0.332 e. The van der Waals surface area contributed by atoms with E-state index in [1.807, 2.05) is 22.9 Å². The van der Waals surface area contributed by atoms with Gasteiger partial charge in [0.05, 0.1) is 28.8 Å². The van der Waals surface area contributed by atoms with Crippen molar-refractivity contribution in [2.75, 3.05) is 5.73 Å². The molecule has 0 amide bonds. The van der Waals surface area contributed by atoms with Gasteiger partial charge in [-0.2, -0.15) is 5.10 Å². The number of carboxylic acids is 1. The van der Waals surface area contributed by atoms with Gasteiger partial charge in [-0.3, -0.25) is 4.98 Å². The predicted molar refractivity (Wildman–Crippen MR) is 125 cm³/mol. The van der Waals surface area contributed by atoms with Crippen LogP contribution in [0, 0.1) is 0 Å². The summed E-state index contributed by atoms with van der Waals surface area (Å²) < 4.78 is 13.4. The molecule has 0 aromatic carbocycles. The first-order chi connectivity index (χ1) is 17.0. The molecule has 11 nitrogen and oxygen atoms in total. The molecule has 11 heteroatoms. The highest BCUT2D eigenvalue weighted by atomic mass is 16.5. The van der Waals surface area contributed by atoms with Crippen LogP contribution in [0.1, 0.15) is 56.7 Å². The van der Waals surface area contributed by atoms with E-state index in [9.17, 15) is 9.90 Å². The molecule has 6 rings (SSSR count). The standard InChI is InChI=1S/C24H25N7O4/c1-12(24(32)33)34-15-8-7-14(10-15)31-23-18(22(25)27-11-28-23)19(29-31)20-17(16-4-2-3-9-26-16)21(35-30-20)13-5-6-13/h2-4,9,11-15H,5-8,10H2,1H3,(H,32,33)(H2,25,27,28)/t12?,14-,15-/m1/s1. The lowest BCUT2D eigenvalue weighted by atomic mass is 10.0. The minimum atomic E-state index is -0.972. The SMILES string of the molecule is CC(O[C@@H]1CC[C@@H](n2nc(-c3noc(C4CC4)c3-c3ccccn3)c3c(N)ncnc32)C1)C(=O)O. The Morgan fingerprint density at radius 1 is 1.20 bits per heavy atom. The molecule has 4 aromatic heterocycles. The van der Waals surface area contributed by atoms with Crippen LogP contribution in [0.25, 0.3) is 33.7 Å². The quantitative estimate of drug-likeness (QED) is 0.405. The van der Waals surface area contributed by atoms with E-state index in [-0.39, 0.29) is 12.1 Å². The summed E-state index contributed by atoms with van der Waals surface area (Å²) in [7, 11) is 0. The number of nitrogen functional groups attached to an aromatic ring is 1. The van der Waals surface area contributed by atoms with E-state index in [4.69, 9.17) is 20.1 Å². The highest BCUT2D eigenvalue weighted by molar-refractivity contribution is 6.00. The van der Waals surface area contributed by atoms with Crippen molar-refractivity contribution in [2.24, 2.45) is 0 Å². The van der Waals surface area contributed by atoms with E-state index in [2.05, 4.69) is 20.1 Å². The number of nitrogens with zero attached hydrogens (tertiary/aromatic N) is 6. The summed E-state index contributed by atoms with van der Waals surface area (Å²) in [5.74, 6) is 0.470. The van der Waals surface area contributed by atoms with Crippen LogP contribution in [0.15, 0.2) is 35.2 Å². The highest BCUT2D eigenvalue weighted by Crippen LogP contribution is 2.48. The summed E-state index contributed by atoms with van der Waals surface area (Å²) in [5.41, 5.74) is 9.65. The molecular formula is C24H25N7O4. The first-order valence-corrected chi connectivity index (χ1v) is 11.8. The third-order valence-electron chi connectivity index (χ3n) is 6.78. The van der Waals surface area contributed by atoms with Gasteiger partial charge in [-0.05, 0) is 51.2 Å². The number of carbonyl (C=O) groups is 1. The third-order valence-corrected chi connectivity index (χ3v) is 6.78. The van der Waals surface area contributed by atoms with Gasteiger partial charge in [-0.1, -0.05) is 11.2 Å². The van der Waals surface area contributed by atoms with Crippen LogP contribution in [-0.2, 0) is 9.53 Å². The van der Waals surface area contributed by atoms with Crippen molar-refractivity contribution in [2.45, 2.75) is 63.2 Å². The number of anilines is 1. The molecule has 0 saturated heterocycles. The lowest BCUT2D eigenvalue weighted by molar-refractivity contribution is -0.152. The van der Waals surface area contributed by atoms with Gasteiger partial charge < -0.3 is 20.1 Å². The van der Waals surface area contributed by atoms with Crippen LogP contribution in [0.4, 0.5) is 5.82 Å². The van der Waals surface area contributed by atoms with Crippen molar-refractivity contribution < 1.29 is 19.2 Å². The molecule has 4 aromatic rings. The third kappa shape index (κ3) is 3.81. The Morgan fingerprint density at radius 2 is 2.06 bits per heavy atom. The molecule has 0 radical (unpaired) electrons. The topological polar surface area (TPSA) is 155 Å². The monoisotopic (exact) mass is 475 g/mol. The molecule has 180 valence electrons. The van der Waals surface area contributed by atoms with Gasteiger partial charge in [0, 0.05) is 12.1 Å². The van der Waals surface area contributed by atoms with Crippen molar-refractivity contribution in [3.8, 4) is 22.6 Å². The lowest BCUT2D eigenvalue weighted by Crippen LogP contribution is -2.25. The summed E-state index contributed by atoms with van der Waals surface area (Å²) in [6.07, 6.45) is 6.35. The molecule has 3 N–H and O–H groups in total. The summed E-state index contributed by atoms with van der Waals surface area (Å²) in [5, 5.41) is 19.2. The van der Waals surface area contributed by atoms with E-state index in [0.29, 0.717) is 40.6 Å². The number of aromatic nitrogens is 6. The minimum Gasteiger partial charge on any atom is -0.479 e. The van der Waals surface area contributed by atoms with Crippen LogP contribution < -0.4 is 5.73 Å². The second kappa shape index (κ2) is 8.42. The van der Waals surface area contributed by atoms with Gasteiger partial charge >= 0.3 is 5.97 Å². The Bertz CT molecular complexity index is 1400. The fourth-order valence-corrected chi connectivity index (χ4v) is 4.87. The second-order valence-corrected chi connectivity index (χ2v) is 9.22. The number of aliphatic carboxylic acids is 1. The molecule has 0 spiro atoms. The van der Waals surface area contributed by atoms with Crippen molar-refractivity contribution in [1.29, 1.82) is 0 Å². The van der Waals surface area contributed by atoms with Crippen LogP contribution in [0.2, 0.25) is 0 Å². The molecule has 2 saturated carbocycles. The van der Waals surface area contributed by atoms with E-state index < -0.39 is 12.1 Å². The Labute approximate surface area is 200 Å². The fourth-order valence-electron chi connectivity index (χ4n) is 4.87. The van der Waals surface area contributed by atoms with Crippen molar-refractivity contribution in [1.82, 2.24) is 29.9 Å². The maximum absolute atomic E-state index is 11.2. The van der Waals surface area contributed by atoms with Gasteiger partial charge in [0.1, 0.15) is 29.3 Å². The minimum absolute atomic E-state index is 0.0281. The smallest absolute Gasteiger partial charge is 0.332 e. The zero-order valence-electron chi connectivity index (χ0n) is 19.2. The molecule has 0 bridgehead atoms. The zero-order chi connectivity index (χ0) is 24.1. The summed E-state index contributed by atoms with van der Waals surface area (Å²) in [6.45, 7) is 1.55. The predicted octanol–water partition coefficient (Wildman–Crippen LogP) is 3.59. The van der Waals surface area contributed by atoms with E-state index in [1.165, 1.54) is 6.33 Å².